The molecule has 1 aliphatic heterocycles. The van der Waals surface area contributed by atoms with Gasteiger partial charge in [-0.25, -0.2) is 4.39 Å². The number of aliphatic carboxylic acids is 1. The van der Waals surface area contributed by atoms with Crippen LogP contribution >= 0.6 is 0 Å². The molecule has 0 saturated carbocycles. The number of ether oxygens (including phenoxy) is 1. The molecule has 0 unspecified atom stereocenters. The Labute approximate surface area is 154 Å². The van der Waals surface area contributed by atoms with Gasteiger partial charge in [0, 0.05) is 25.1 Å². The first-order valence-electron chi connectivity index (χ1n) is 9.09. The normalized spacial score (nSPS) is 15.8. The largest absolute Gasteiger partial charge is 0.493 e. The minimum atomic E-state index is -0.949. The van der Waals surface area contributed by atoms with E-state index in [-0.39, 0.29) is 30.0 Å². The van der Waals surface area contributed by atoms with Gasteiger partial charge in [-0.05, 0) is 42.4 Å². The van der Waals surface area contributed by atoms with Crippen LogP contribution in [0.2, 0.25) is 0 Å². The van der Waals surface area contributed by atoms with E-state index in [2.05, 4.69) is 0 Å². The van der Waals surface area contributed by atoms with Crippen LogP contribution in [0.4, 0.5) is 4.39 Å². The SMILES string of the molecule is CC(C)(C)c1cc(F)ccc1OCC1CCN(C(=O)CCC(=O)O)CC1. The maximum Gasteiger partial charge on any atom is 0.303 e. The fourth-order valence-electron chi connectivity index (χ4n) is 3.14. The van der Waals surface area contributed by atoms with Crippen molar-refractivity contribution >= 4 is 11.9 Å². The molecule has 1 amide bonds. The Morgan fingerprint density at radius 1 is 1.23 bits per heavy atom. The molecule has 1 saturated heterocycles. The summed E-state index contributed by atoms with van der Waals surface area (Å²) in [4.78, 5) is 24.3. The van der Waals surface area contributed by atoms with Gasteiger partial charge in [0.1, 0.15) is 11.6 Å². The van der Waals surface area contributed by atoms with Crippen molar-refractivity contribution in [2.75, 3.05) is 19.7 Å². The van der Waals surface area contributed by atoms with E-state index >= 15 is 0 Å². The maximum atomic E-state index is 13.6. The number of likely N-dealkylation sites (tertiary alicyclic amines) is 1. The summed E-state index contributed by atoms with van der Waals surface area (Å²) in [6, 6.07) is 4.62. The molecule has 6 heteroatoms. The minimum Gasteiger partial charge on any atom is -0.493 e. The molecule has 1 aliphatic rings. The van der Waals surface area contributed by atoms with E-state index in [1.54, 1.807) is 11.0 Å². The molecule has 0 atom stereocenters. The summed E-state index contributed by atoms with van der Waals surface area (Å²) in [5, 5.41) is 8.67. The van der Waals surface area contributed by atoms with E-state index in [4.69, 9.17) is 9.84 Å². The van der Waals surface area contributed by atoms with Gasteiger partial charge in [0.2, 0.25) is 5.91 Å². The highest BCUT2D eigenvalue weighted by Crippen LogP contribution is 2.32. The molecule has 0 aromatic heterocycles. The van der Waals surface area contributed by atoms with Gasteiger partial charge in [0.05, 0.1) is 13.0 Å². The number of carbonyl (C=O) groups excluding carboxylic acids is 1. The van der Waals surface area contributed by atoms with E-state index in [0.717, 1.165) is 18.4 Å². The molecule has 0 spiro atoms. The van der Waals surface area contributed by atoms with E-state index in [1.807, 2.05) is 20.8 Å². The summed E-state index contributed by atoms with van der Waals surface area (Å²) in [7, 11) is 0. The summed E-state index contributed by atoms with van der Waals surface area (Å²) in [6.45, 7) is 7.86. The van der Waals surface area contributed by atoms with Gasteiger partial charge in [0.15, 0.2) is 0 Å². The smallest absolute Gasteiger partial charge is 0.303 e. The Balaban J connectivity index is 1.86. The number of carboxylic acid groups (broad SMARTS) is 1. The van der Waals surface area contributed by atoms with E-state index < -0.39 is 5.97 Å². The van der Waals surface area contributed by atoms with Crippen LogP contribution in [0, 0.1) is 11.7 Å². The van der Waals surface area contributed by atoms with Crippen molar-refractivity contribution in [1.29, 1.82) is 0 Å². The number of halogens is 1. The van der Waals surface area contributed by atoms with Crippen LogP contribution in [0.15, 0.2) is 18.2 Å². The molecular weight excluding hydrogens is 337 g/mol. The molecule has 1 heterocycles. The van der Waals surface area contributed by atoms with Crippen molar-refractivity contribution in [1.82, 2.24) is 4.90 Å². The van der Waals surface area contributed by atoms with Crippen molar-refractivity contribution in [3.63, 3.8) is 0 Å². The van der Waals surface area contributed by atoms with Crippen LogP contribution in [-0.2, 0) is 15.0 Å². The number of hydrogen-bond donors (Lipinski definition) is 1. The first-order valence-corrected chi connectivity index (χ1v) is 9.09. The van der Waals surface area contributed by atoms with Crippen molar-refractivity contribution in [3.8, 4) is 5.75 Å². The Kier molecular flexibility index (Phi) is 6.62. The molecule has 1 aromatic rings. The molecular formula is C20H28FNO4. The molecule has 0 radical (unpaired) electrons. The minimum absolute atomic E-state index is 0.0566. The third kappa shape index (κ3) is 5.71. The zero-order valence-electron chi connectivity index (χ0n) is 15.8. The van der Waals surface area contributed by atoms with E-state index in [0.29, 0.717) is 31.4 Å². The van der Waals surface area contributed by atoms with Crippen LogP contribution in [0.25, 0.3) is 0 Å². The lowest BCUT2D eigenvalue weighted by Crippen LogP contribution is -2.39. The molecule has 0 aliphatic carbocycles. The van der Waals surface area contributed by atoms with Crippen LogP contribution < -0.4 is 4.74 Å². The Morgan fingerprint density at radius 3 is 2.46 bits per heavy atom. The standard InChI is InChI=1S/C20H28FNO4/c1-20(2,3)16-12-15(21)4-5-17(16)26-13-14-8-10-22(11-9-14)18(23)6-7-19(24)25/h4-5,12,14H,6-11,13H2,1-3H3,(H,24,25). The first kappa shape index (κ1) is 20.2. The lowest BCUT2D eigenvalue weighted by Gasteiger charge is -2.32. The highest BCUT2D eigenvalue weighted by atomic mass is 19.1. The summed E-state index contributed by atoms with van der Waals surface area (Å²) in [5.74, 6) is -0.276. The Bertz CT molecular complexity index is 646. The lowest BCUT2D eigenvalue weighted by atomic mass is 9.86. The number of amides is 1. The van der Waals surface area contributed by atoms with Gasteiger partial charge in [-0.2, -0.15) is 0 Å². The number of nitrogens with zero attached hydrogens (tertiary/aromatic N) is 1. The van der Waals surface area contributed by atoms with E-state index in [1.165, 1.54) is 12.1 Å². The quantitative estimate of drug-likeness (QED) is 0.836. The average Bonchev–Trinajstić information content (AvgIpc) is 2.58. The summed E-state index contributed by atoms with van der Waals surface area (Å²) in [6.07, 6.45) is 1.58. The molecule has 1 fully saturated rings. The number of piperidine rings is 1. The molecule has 144 valence electrons. The van der Waals surface area contributed by atoms with Crippen molar-refractivity contribution < 1.29 is 23.8 Å². The maximum absolute atomic E-state index is 13.6. The third-order valence-corrected chi connectivity index (χ3v) is 4.74. The van der Waals surface area contributed by atoms with Gasteiger partial charge >= 0.3 is 5.97 Å². The molecule has 1 N–H and O–H groups in total. The summed E-state index contributed by atoms with van der Waals surface area (Å²) in [5.41, 5.74) is 0.635. The second kappa shape index (κ2) is 8.52. The first-order chi connectivity index (χ1) is 12.2. The predicted octanol–water partition coefficient (Wildman–Crippen LogP) is 3.61. The Hall–Kier alpha value is -2.11. The zero-order chi connectivity index (χ0) is 19.3. The monoisotopic (exact) mass is 365 g/mol. The van der Waals surface area contributed by atoms with Crippen molar-refractivity contribution in [2.24, 2.45) is 5.92 Å². The van der Waals surface area contributed by atoms with Crippen molar-refractivity contribution in [2.45, 2.75) is 51.9 Å². The van der Waals surface area contributed by atoms with Gasteiger partial charge in [-0.3, -0.25) is 9.59 Å². The van der Waals surface area contributed by atoms with Crippen LogP contribution in [-0.4, -0.2) is 41.6 Å². The molecule has 0 bridgehead atoms. The third-order valence-electron chi connectivity index (χ3n) is 4.74. The fourth-order valence-corrected chi connectivity index (χ4v) is 3.14. The van der Waals surface area contributed by atoms with Gasteiger partial charge < -0.3 is 14.7 Å². The number of carboxylic acids is 1. The predicted molar refractivity (Wildman–Crippen MR) is 96.8 cm³/mol. The Morgan fingerprint density at radius 2 is 1.88 bits per heavy atom. The number of carbonyl (C=O) groups is 2. The number of benzene rings is 1. The molecule has 26 heavy (non-hydrogen) atoms. The highest BCUT2D eigenvalue weighted by Gasteiger charge is 2.25. The fraction of sp³-hybridized carbons (Fsp3) is 0.600. The molecule has 2 rings (SSSR count). The summed E-state index contributed by atoms with van der Waals surface area (Å²) >= 11 is 0. The molecule has 5 nitrogen and oxygen atoms in total. The van der Waals surface area contributed by atoms with Gasteiger partial charge in [-0.1, -0.05) is 20.8 Å². The number of hydrogen-bond acceptors (Lipinski definition) is 3. The van der Waals surface area contributed by atoms with Crippen LogP contribution in [0.5, 0.6) is 5.75 Å². The van der Waals surface area contributed by atoms with Crippen LogP contribution in [0.3, 0.4) is 0 Å². The lowest BCUT2D eigenvalue weighted by molar-refractivity contribution is -0.141. The molecule has 1 aromatic carbocycles. The number of rotatable bonds is 6. The second-order valence-corrected chi connectivity index (χ2v) is 7.92. The van der Waals surface area contributed by atoms with E-state index in [9.17, 15) is 14.0 Å². The van der Waals surface area contributed by atoms with Crippen molar-refractivity contribution in [3.05, 3.63) is 29.6 Å². The van der Waals surface area contributed by atoms with Gasteiger partial charge in [-0.15, -0.1) is 0 Å². The van der Waals surface area contributed by atoms with Crippen LogP contribution in [0.1, 0.15) is 52.0 Å². The zero-order valence-corrected chi connectivity index (χ0v) is 15.8. The summed E-state index contributed by atoms with van der Waals surface area (Å²) < 4.78 is 19.6. The average molecular weight is 365 g/mol. The topological polar surface area (TPSA) is 66.8 Å². The van der Waals surface area contributed by atoms with Gasteiger partial charge in [0.25, 0.3) is 0 Å². The second-order valence-electron chi connectivity index (χ2n) is 7.92. The highest BCUT2D eigenvalue weighted by molar-refractivity contribution is 5.80.